The van der Waals surface area contributed by atoms with Gasteiger partial charge in [-0.05, 0) is 56.0 Å². The van der Waals surface area contributed by atoms with Crippen LogP contribution in [0.3, 0.4) is 0 Å². The Kier molecular flexibility index (Phi) is 5.14. The normalized spacial score (nSPS) is 20.5. The van der Waals surface area contributed by atoms with E-state index in [1.165, 1.54) is 0 Å². The monoisotopic (exact) mass is 469 g/mol. The highest BCUT2D eigenvalue weighted by molar-refractivity contribution is 6.02. The van der Waals surface area contributed by atoms with E-state index in [0.717, 1.165) is 45.9 Å². The van der Waals surface area contributed by atoms with Crippen LogP contribution in [0, 0.1) is 0 Å². The van der Waals surface area contributed by atoms with Crippen LogP contribution in [0.25, 0.3) is 33.1 Å². The van der Waals surface area contributed by atoms with Crippen LogP contribution in [0.2, 0.25) is 0 Å². The van der Waals surface area contributed by atoms with Gasteiger partial charge in [0, 0.05) is 53.6 Å². The number of aryl methyl sites for hydroxylation is 1. The summed E-state index contributed by atoms with van der Waals surface area (Å²) in [6.45, 7) is 0.477. The summed E-state index contributed by atoms with van der Waals surface area (Å²) in [5, 5.41) is 28.2. The first kappa shape index (κ1) is 21.5. The van der Waals surface area contributed by atoms with Crippen molar-refractivity contribution in [3.63, 3.8) is 0 Å². The molecule has 35 heavy (non-hydrogen) atoms. The Balaban J connectivity index is 1.23. The Morgan fingerprint density at radius 2 is 2.20 bits per heavy atom. The summed E-state index contributed by atoms with van der Waals surface area (Å²) in [6, 6.07) is 11.5. The van der Waals surface area contributed by atoms with E-state index >= 15 is 0 Å². The Morgan fingerprint density at radius 1 is 1.29 bits per heavy atom. The second-order valence-electron chi connectivity index (χ2n) is 9.64. The molecular weight excluding hydrogens is 442 g/mol. The molecule has 1 saturated carbocycles. The Hall–Kier alpha value is -3.98. The number of carbonyl (C=O) groups is 1. The molecular formula is C26H27N7O2. The molecule has 3 N–H and O–H groups in total. The second-order valence-corrected chi connectivity index (χ2v) is 9.64. The van der Waals surface area contributed by atoms with Crippen molar-refractivity contribution < 1.29 is 9.90 Å². The van der Waals surface area contributed by atoms with Gasteiger partial charge in [-0.2, -0.15) is 10.2 Å². The molecule has 0 saturated heterocycles. The number of H-pyrrole nitrogens is 1. The zero-order chi connectivity index (χ0) is 24.0. The van der Waals surface area contributed by atoms with Gasteiger partial charge in [0.05, 0.1) is 35.2 Å². The Labute approximate surface area is 201 Å². The van der Waals surface area contributed by atoms with Gasteiger partial charge in [0.15, 0.2) is 0 Å². The van der Waals surface area contributed by atoms with E-state index in [9.17, 15) is 9.90 Å². The number of nitrogens with one attached hydrogen (secondary N) is 2. The Morgan fingerprint density at radius 3 is 3.06 bits per heavy atom. The van der Waals surface area contributed by atoms with Gasteiger partial charge in [0.1, 0.15) is 0 Å². The van der Waals surface area contributed by atoms with Crippen LogP contribution < -0.4 is 5.32 Å². The van der Waals surface area contributed by atoms with Crippen LogP contribution in [0.1, 0.15) is 36.0 Å². The first-order valence-electron chi connectivity index (χ1n) is 11.9. The first-order valence-corrected chi connectivity index (χ1v) is 11.9. The van der Waals surface area contributed by atoms with Gasteiger partial charge in [-0.3, -0.25) is 14.6 Å². The first-order chi connectivity index (χ1) is 17.0. The van der Waals surface area contributed by atoms with Crippen molar-refractivity contribution in [2.75, 3.05) is 0 Å². The van der Waals surface area contributed by atoms with E-state index in [4.69, 9.17) is 0 Å². The van der Waals surface area contributed by atoms with Crippen LogP contribution in [0.15, 0.2) is 61.3 Å². The maximum Gasteiger partial charge on any atom is 0.251 e. The van der Waals surface area contributed by atoms with Gasteiger partial charge in [-0.15, -0.1) is 0 Å². The number of aromatic amines is 1. The standard InChI is InChI=1S/C26H27N7O2/c1-32-14-19-11-17(4-6-22(19)31-32)24-21-12-18(5-7-23(21)29-30-24)25(34)28-20-3-2-8-26(35,13-20)15-33-10-9-27-16-33/h4-7,9-12,14,16,20,35H,2-3,8,13,15H2,1H3,(H,28,34)(H,29,30)/t20-,26+/m1/s1. The lowest BCUT2D eigenvalue weighted by Crippen LogP contribution is -2.47. The molecule has 0 radical (unpaired) electrons. The summed E-state index contributed by atoms with van der Waals surface area (Å²) >= 11 is 0. The maximum absolute atomic E-state index is 13.2. The van der Waals surface area contributed by atoms with Crippen molar-refractivity contribution in [2.45, 2.75) is 43.9 Å². The molecule has 9 heteroatoms. The third kappa shape index (κ3) is 4.19. The molecule has 6 rings (SSSR count). The van der Waals surface area contributed by atoms with Crippen LogP contribution >= 0.6 is 0 Å². The van der Waals surface area contributed by atoms with E-state index in [2.05, 4.69) is 31.7 Å². The molecule has 178 valence electrons. The van der Waals surface area contributed by atoms with Crippen LogP contribution in [-0.2, 0) is 13.6 Å². The summed E-state index contributed by atoms with van der Waals surface area (Å²) in [6.07, 6.45) is 10.2. The van der Waals surface area contributed by atoms with Gasteiger partial charge in [-0.1, -0.05) is 6.07 Å². The smallest absolute Gasteiger partial charge is 0.251 e. The number of benzene rings is 2. The number of aromatic nitrogens is 6. The highest BCUT2D eigenvalue weighted by atomic mass is 16.3. The SMILES string of the molecule is Cn1cc2cc(-c3n[nH]c4ccc(C(=O)N[C@@H]5CCC[C@@](O)(Cn6ccnc6)C5)cc34)ccc2n1. The quantitative estimate of drug-likeness (QED) is 0.365. The fourth-order valence-corrected chi connectivity index (χ4v) is 5.27. The zero-order valence-electron chi connectivity index (χ0n) is 19.5. The van der Waals surface area contributed by atoms with E-state index in [0.29, 0.717) is 24.9 Å². The lowest BCUT2D eigenvalue weighted by molar-refractivity contribution is -0.0211. The number of aliphatic hydroxyl groups is 1. The number of hydrogen-bond acceptors (Lipinski definition) is 5. The third-order valence-electron chi connectivity index (χ3n) is 6.91. The minimum Gasteiger partial charge on any atom is -0.388 e. The van der Waals surface area contributed by atoms with Crippen molar-refractivity contribution in [1.29, 1.82) is 0 Å². The molecule has 2 aromatic carbocycles. The minimum atomic E-state index is -0.858. The summed E-state index contributed by atoms with van der Waals surface area (Å²) in [7, 11) is 1.90. The molecule has 0 aliphatic heterocycles. The largest absolute Gasteiger partial charge is 0.388 e. The molecule has 0 bridgehead atoms. The third-order valence-corrected chi connectivity index (χ3v) is 6.91. The molecule has 3 heterocycles. The molecule has 2 atom stereocenters. The van der Waals surface area contributed by atoms with E-state index in [1.807, 2.05) is 54.3 Å². The van der Waals surface area contributed by atoms with E-state index in [1.54, 1.807) is 17.2 Å². The maximum atomic E-state index is 13.2. The van der Waals surface area contributed by atoms with Gasteiger partial charge in [0.25, 0.3) is 5.91 Å². The molecule has 3 aromatic heterocycles. The lowest BCUT2D eigenvalue weighted by Gasteiger charge is -2.37. The molecule has 5 aromatic rings. The molecule has 1 aliphatic rings. The highest BCUT2D eigenvalue weighted by Crippen LogP contribution is 2.31. The number of amides is 1. The number of nitrogens with zero attached hydrogens (tertiary/aromatic N) is 5. The molecule has 0 spiro atoms. The van der Waals surface area contributed by atoms with E-state index < -0.39 is 5.60 Å². The van der Waals surface area contributed by atoms with Crippen molar-refractivity contribution in [1.82, 2.24) is 34.8 Å². The number of imidazole rings is 1. The summed E-state index contributed by atoms with van der Waals surface area (Å²) in [4.78, 5) is 17.2. The molecule has 1 aliphatic carbocycles. The number of fused-ring (bicyclic) bond motifs is 2. The predicted octanol–water partition coefficient (Wildman–Crippen LogP) is 3.42. The lowest BCUT2D eigenvalue weighted by atomic mass is 9.81. The van der Waals surface area contributed by atoms with Crippen molar-refractivity contribution in [3.05, 3.63) is 66.9 Å². The summed E-state index contributed by atoms with van der Waals surface area (Å²) in [5.74, 6) is -0.140. The van der Waals surface area contributed by atoms with Crippen LogP contribution in [0.4, 0.5) is 0 Å². The van der Waals surface area contributed by atoms with Crippen molar-refractivity contribution in [2.24, 2.45) is 7.05 Å². The van der Waals surface area contributed by atoms with Crippen LogP contribution in [-0.4, -0.2) is 52.2 Å². The topological polar surface area (TPSA) is 114 Å². The van der Waals surface area contributed by atoms with Crippen LogP contribution in [0.5, 0.6) is 0 Å². The minimum absolute atomic E-state index is 0.0859. The van der Waals surface area contributed by atoms with Crippen molar-refractivity contribution >= 4 is 27.7 Å². The summed E-state index contributed by atoms with van der Waals surface area (Å²) < 4.78 is 3.68. The average Bonchev–Trinajstić information content (AvgIpc) is 3.57. The van der Waals surface area contributed by atoms with Gasteiger partial charge < -0.3 is 15.0 Å². The zero-order valence-corrected chi connectivity index (χ0v) is 19.5. The van der Waals surface area contributed by atoms with Gasteiger partial charge in [0.2, 0.25) is 0 Å². The number of rotatable bonds is 5. The molecule has 0 unspecified atom stereocenters. The molecule has 9 nitrogen and oxygen atoms in total. The van der Waals surface area contributed by atoms with E-state index in [-0.39, 0.29) is 11.9 Å². The summed E-state index contributed by atoms with van der Waals surface area (Å²) in [5.41, 5.74) is 3.28. The van der Waals surface area contributed by atoms with Gasteiger partial charge in [-0.25, -0.2) is 4.98 Å². The average molecular weight is 470 g/mol. The van der Waals surface area contributed by atoms with Crippen molar-refractivity contribution in [3.8, 4) is 11.3 Å². The fourth-order valence-electron chi connectivity index (χ4n) is 5.27. The molecule has 1 amide bonds. The fraction of sp³-hybridized carbons (Fsp3) is 0.308. The predicted molar refractivity (Wildman–Crippen MR) is 133 cm³/mol. The highest BCUT2D eigenvalue weighted by Gasteiger charge is 2.35. The Bertz CT molecular complexity index is 1520. The van der Waals surface area contributed by atoms with Gasteiger partial charge >= 0.3 is 0 Å². The molecule has 1 fully saturated rings. The number of hydrogen-bond donors (Lipinski definition) is 3. The number of carbonyl (C=O) groups excluding carboxylic acids is 1. The second kappa shape index (κ2) is 8.35.